The monoisotopic (exact) mass is 307 g/mol. The van der Waals surface area contributed by atoms with E-state index in [0.29, 0.717) is 29.3 Å². The molecule has 4 aromatic rings. The number of halogens is 1. The van der Waals surface area contributed by atoms with Crippen LogP contribution >= 0.6 is 0 Å². The molecule has 5 heteroatoms. The van der Waals surface area contributed by atoms with E-state index in [1.54, 1.807) is 18.3 Å². The topological polar surface area (TPSA) is 43.9 Å². The van der Waals surface area contributed by atoms with Gasteiger partial charge in [0.1, 0.15) is 17.1 Å². The molecule has 4 rings (SSSR count). The summed E-state index contributed by atoms with van der Waals surface area (Å²) in [6.45, 7) is 2.22. The minimum Gasteiger partial charge on any atom is -0.458 e. The minimum absolute atomic E-state index is 0.244. The molecule has 4 nitrogen and oxygen atoms in total. The number of hydrogen-bond acceptors (Lipinski definition) is 3. The number of furan rings is 1. The number of aromatic nitrogens is 3. The van der Waals surface area contributed by atoms with E-state index in [4.69, 9.17) is 4.42 Å². The van der Waals surface area contributed by atoms with Crippen LogP contribution in [0.3, 0.4) is 0 Å². The van der Waals surface area contributed by atoms with Crippen LogP contribution in [0.2, 0.25) is 0 Å². The fourth-order valence-electron chi connectivity index (χ4n) is 2.65. The number of hydrogen-bond donors (Lipinski definition) is 0. The lowest BCUT2D eigenvalue weighted by Gasteiger charge is -2.08. The zero-order valence-electron chi connectivity index (χ0n) is 12.5. The van der Waals surface area contributed by atoms with Crippen molar-refractivity contribution in [3.05, 3.63) is 71.9 Å². The second-order valence-corrected chi connectivity index (χ2v) is 5.37. The van der Waals surface area contributed by atoms with Crippen LogP contribution in [0.5, 0.6) is 0 Å². The van der Waals surface area contributed by atoms with Gasteiger partial charge in [0.05, 0.1) is 6.54 Å². The standard InChI is InChI=1S/C18H14FN3O/c1-12-8-9-16(23-12)18-21-15-7-4-10-20-17(15)22(18)11-13-5-2-3-6-14(13)19/h2-10H,11H2,1H3. The van der Waals surface area contributed by atoms with Crippen LogP contribution in [0, 0.1) is 12.7 Å². The van der Waals surface area contributed by atoms with Crippen LogP contribution in [0.15, 0.2) is 59.1 Å². The Labute approximate surface area is 132 Å². The second-order valence-electron chi connectivity index (χ2n) is 5.37. The van der Waals surface area contributed by atoms with E-state index < -0.39 is 0 Å². The Balaban J connectivity index is 1.91. The number of nitrogens with zero attached hydrogens (tertiary/aromatic N) is 3. The SMILES string of the molecule is Cc1ccc(-c2nc3cccnc3n2Cc2ccccc2F)o1. The smallest absolute Gasteiger partial charge is 0.178 e. The van der Waals surface area contributed by atoms with Crippen molar-refractivity contribution in [1.82, 2.24) is 14.5 Å². The van der Waals surface area contributed by atoms with Gasteiger partial charge < -0.3 is 8.98 Å². The molecule has 3 aromatic heterocycles. The molecule has 0 aliphatic carbocycles. The Morgan fingerprint density at radius 2 is 1.96 bits per heavy atom. The molecule has 0 amide bonds. The summed E-state index contributed by atoms with van der Waals surface area (Å²) in [6, 6.07) is 14.2. The summed E-state index contributed by atoms with van der Waals surface area (Å²) in [5, 5.41) is 0. The lowest BCUT2D eigenvalue weighted by Crippen LogP contribution is -2.04. The van der Waals surface area contributed by atoms with Crippen LogP contribution in [0.25, 0.3) is 22.7 Å². The first kappa shape index (κ1) is 13.7. The molecule has 0 atom stereocenters. The largest absolute Gasteiger partial charge is 0.458 e. The third kappa shape index (κ3) is 2.40. The lowest BCUT2D eigenvalue weighted by molar-refractivity contribution is 0.539. The molecule has 0 aliphatic rings. The van der Waals surface area contributed by atoms with Crippen LogP contribution in [0.1, 0.15) is 11.3 Å². The third-order valence-electron chi connectivity index (χ3n) is 3.75. The third-order valence-corrected chi connectivity index (χ3v) is 3.75. The lowest BCUT2D eigenvalue weighted by atomic mass is 10.2. The average Bonchev–Trinajstić information content (AvgIpc) is 3.14. The molecule has 0 saturated carbocycles. The molecule has 0 aliphatic heterocycles. The summed E-state index contributed by atoms with van der Waals surface area (Å²) in [7, 11) is 0. The summed E-state index contributed by atoms with van der Waals surface area (Å²) < 4.78 is 21.6. The maximum atomic E-state index is 14.0. The van der Waals surface area contributed by atoms with Crippen LogP contribution < -0.4 is 0 Å². The van der Waals surface area contributed by atoms with Crippen LogP contribution in [-0.2, 0) is 6.54 Å². The average molecular weight is 307 g/mol. The van der Waals surface area contributed by atoms with Gasteiger partial charge in [0.15, 0.2) is 17.2 Å². The van der Waals surface area contributed by atoms with Crippen molar-refractivity contribution in [2.75, 3.05) is 0 Å². The molecule has 0 fully saturated rings. The van der Waals surface area contributed by atoms with E-state index in [1.165, 1.54) is 6.07 Å². The molecule has 0 unspecified atom stereocenters. The predicted molar refractivity (Wildman–Crippen MR) is 85.5 cm³/mol. The van der Waals surface area contributed by atoms with Crippen molar-refractivity contribution in [3.63, 3.8) is 0 Å². The number of fused-ring (bicyclic) bond motifs is 1. The number of aryl methyl sites for hydroxylation is 1. The van der Waals surface area contributed by atoms with Gasteiger partial charge >= 0.3 is 0 Å². The summed E-state index contributed by atoms with van der Waals surface area (Å²) in [5.74, 6) is 1.86. The number of rotatable bonds is 3. The summed E-state index contributed by atoms with van der Waals surface area (Å²) in [4.78, 5) is 9.00. The van der Waals surface area contributed by atoms with Gasteiger partial charge in [-0.3, -0.25) is 0 Å². The van der Waals surface area contributed by atoms with Crippen molar-refractivity contribution in [2.45, 2.75) is 13.5 Å². The Kier molecular flexibility index (Phi) is 3.19. The summed E-state index contributed by atoms with van der Waals surface area (Å²) in [5.41, 5.74) is 2.05. The van der Waals surface area contributed by atoms with Gasteiger partial charge in [-0.15, -0.1) is 0 Å². The fourth-order valence-corrected chi connectivity index (χ4v) is 2.65. The highest BCUT2D eigenvalue weighted by Crippen LogP contribution is 2.26. The Morgan fingerprint density at radius 1 is 1.09 bits per heavy atom. The van der Waals surface area contributed by atoms with Crippen molar-refractivity contribution in [1.29, 1.82) is 0 Å². The van der Waals surface area contributed by atoms with Crippen molar-refractivity contribution in [3.8, 4) is 11.6 Å². The molecule has 114 valence electrons. The van der Waals surface area contributed by atoms with E-state index in [0.717, 1.165) is 11.3 Å². The molecule has 0 bridgehead atoms. The zero-order chi connectivity index (χ0) is 15.8. The molecular weight excluding hydrogens is 293 g/mol. The Hall–Kier alpha value is -2.95. The predicted octanol–water partition coefficient (Wildman–Crippen LogP) is 4.19. The molecule has 23 heavy (non-hydrogen) atoms. The first-order chi connectivity index (χ1) is 11.2. The first-order valence-electron chi connectivity index (χ1n) is 7.34. The maximum absolute atomic E-state index is 14.0. The summed E-state index contributed by atoms with van der Waals surface area (Å²) in [6.07, 6.45) is 1.71. The molecule has 0 spiro atoms. The van der Waals surface area contributed by atoms with Gasteiger partial charge in [0.25, 0.3) is 0 Å². The quantitative estimate of drug-likeness (QED) is 0.570. The molecule has 0 N–H and O–H groups in total. The highest BCUT2D eigenvalue weighted by Gasteiger charge is 2.17. The Morgan fingerprint density at radius 3 is 2.74 bits per heavy atom. The van der Waals surface area contributed by atoms with Gasteiger partial charge in [-0.05, 0) is 37.3 Å². The fraction of sp³-hybridized carbons (Fsp3) is 0.111. The Bertz CT molecular complexity index is 987. The number of benzene rings is 1. The van der Waals surface area contributed by atoms with Crippen molar-refractivity contribution >= 4 is 11.2 Å². The van der Waals surface area contributed by atoms with E-state index in [1.807, 2.05) is 41.8 Å². The van der Waals surface area contributed by atoms with E-state index in [2.05, 4.69) is 9.97 Å². The van der Waals surface area contributed by atoms with Gasteiger partial charge in [-0.1, -0.05) is 18.2 Å². The minimum atomic E-state index is -0.244. The molecule has 0 radical (unpaired) electrons. The van der Waals surface area contributed by atoms with Gasteiger partial charge in [0, 0.05) is 11.8 Å². The highest BCUT2D eigenvalue weighted by atomic mass is 19.1. The molecule has 3 heterocycles. The van der Waals surface area contributed by atoms with Gasteiger partial charge in [-0.2, -0.15) is 0 Å². The maximum Gasteiger partial charge on any atom is 0.178 e. The first-order valence-corrected chi connectivity index (χ1v) is 7.34. The second kappa shape index (κ2) is 5.35. The van der Waals surface area contributed by atoms with E-state index in [-0.39, 0.29) is 5.82 Å². The molecule has 1 aromatic carbocycles. The number of imidazole rings is 1. The molecule has 0 saturated heterocycles. The normalized spacial score (nSPS) is 11.2. The van der Waals surface area contributed by atoms with E-state index in [9.17, 15) is 4.39 Å². The zero-order valence-corrected chi connectivity index (χ0v) is 12.5. The summed E-state index contributed by atoms with van der Waals surface area (Å²) >= 11 is 0. The van der Waals surface area contributed by atoms with Crippen LogP contribution in [0.4, 0.5) is 4.39 Å². The van der Waals surface area contributed by atoms with Crippen LogP contribution in [-0.4, -0.2) is 14.5 Å². The van der Waals surface area contributed by atoms with Crippen molar-refractivity contribution < 1.29 is 8.81 Å². The highest BCUT2D eigenvalue weighted by molar-refractivity contribution is 5.76. The van der Waals surface area contributed by atoms with Crippen molar-refractivity contribution in [2.24, 2.45) is 0 Å². The van der Waals surface area contributed by atoms with Gasteiger partial charge in [0.2, 0.25) is 0 Å². The van der Waals surface area contributed by atoms with Gasteiger partial charge in [-0.25, -0.2) is 14.4 Å². The number of pyridine rings is 1. The van der Waals surface area contributed by atoms with E-state index >= 15 is 0 Å². The molecular formula is C18H14FN3O.